The zero-order chi connectivity index (χ0) is 21.6. The molecule has 1 aromatic rings. The Hall–Kier alpha value is -2.86. The average molecular weight is 426 g/mol. The number of carboxylic acids is 2. The van der Waals surface area contributed by atoms with Gasteiger partial charge in [-0.25, -0.2) is 9.59 Å². The number of carbonyl (C=O) groups is 3. The second kappa shape index (κ2) is 10.1. The Balaban J connectivity index is 2.35. The molecule has 1 aliphatic rings. The van der Waals surface area contributed by atoms with Gasteiger partial charge in [-0.3, -0.25) is 14.9 Å². The zero-order valence-corrected chi connectivity index (χ0v) is 16.3. The number of benzene rings is 1. The maximum atomic E-state index is 11.8. The topological polar surface area (TPSA) is 167 Å². The van der Waals surface area contributed by atoms with Crippen LogP contribution >= 0.6 is 11.8 Å². The van der Waals surface area contributed by atoms with Crippen LogP contribution in [0.25, 0.3) is 0 Å². The van der Waals surface area contributed by atoms with E-state index >= 15 is 0 Å². The zero-order valence-electron chi connectivity index (χ0n) is 15.5. The third-order valence-corrected chi connectivity index (χ3v) is 5.46. The highest BCUT2D eigenvalue weighted by molar-refractivity contribution is 7.99. The quantitative estimate of drug-likeness (QED) is 0.272. The first-order valence-electron chi connectivity index (χ1n) is 8.83. The standard InChI is InChI=1S/C17H22N4O7S/c18-15(22)14(17(25)26)20(5-1-4-19-6-8-29-9-7-19)12-3-2-11(16(23)24)10-13(12)21(27)28/h2-3,10,14H,1,4-9H2,(H2,18,22)(H,23,24)(H,25,26). The van der Waals surface area contributed by atoms with Crippen molar-refractivity contribution < 1.29 is 29.5 Å². The monoisotopic (exact) mass is 426 g/mol. The molecule has 29 heavy (non-hydrogen) atoms. The molecule has 0 radical (unpaired) electrons. The Morgan fingerprint density at radius 2 is 1.93 bits per heavy atom. The number of hydrogen-bond acceptors (Lipinski definition) is 8. The predicted molar refractivity (Wildman–Crippen MR) is 106 cm³/mol. The van der Waals surface area contributed by atoms with Crippen molar-refractivity contribution in [2.75, 3.05) is 42.6 Å². The summed E-state index contributed by atoms with van der Waals surface area (Å²) in [5.41, 5.74) is 4.16. The Bertz CT molecular complexity index is 784. The van der Waals surface area contributed by atoms with Gasteiger partial charge in [0.2, 0.25) is 6.04 Å². The van der Waals surface area contributed by atoms with Gasteiger partial charge in [0.1, 0.15) is 5.69 Å². The van der Waals surface area contributed by atoms with E-state index in [1.807, 2.05) is 11.8 Å². The molecule has 0 aliphatic carbocycles. The van der Waals surface area contributed by atoms with Crippen molar-refractivity contribution in [3.8, 4) is 0 Å². The molecular formula is C17H22N4O7S. The summed E-state index contributed by atoms with van der Waals surface area (Å²) in [6.07, 6.45) is 0.444. The van der Waals surface area contributed by atoms with Crippen LogP contribution in [0.2, 0.25) is 0 Å². The van der Waals surface area contributed by atoms with Crippen molar-refractivity contribution in [1.29, 1.82) is 0 Å². The van der Waals surface area contributed by atoms with Crippen LogP contribution in [0.15, 0.2) is 18.2 Å². The van der Waals surface area contributed by atoms with Gasteiger partial charge in [-0.05, 0) is 25.1 Å². The summed E-state index contributed by atoms with van der Waals surface area (Å²) in [6.45, 7) is 2.42. The number of aliphatic carboxylic acids is 1. The number of hydrogen-bond donors (Lipinski definition) is 3. The summed E-state index contributed by atoms with van der Waals surface area (Å²) in [6, 6.07) is 1.28. The van der Waals surface area contributed by atoms with Crippen molar-refractivity contribution in [3.63, 3.8) is 0 Å². The lowest BCUT2D eigenvalue weighted by Gasteiger charge is -2.31. The van der Waals surface area contributed by atoms with Gasteiger partial charge >= 0.3 is 11.9 Å². The fraction of sp³-hybridized carbons (Fsp3) is 0.471. The molecule has 1 heterocycles. The van der Waals surface area contributed by atoms with Crippen LogP contribution in [0.1, 0.15) is 16.8 Å². The first-order valence-corrected chi connectivity index (χ1v) is 9.98. The first kappa shape index (κ1) is 22.4. The molecule has 1 amide bonds. The normalized spacial score (nSPS) is 15.4. The molecule has 2 rings (SSSR count). The van der Waals surface area contributed by atoms with Gasteiger partial charge in [-0.1, -0.05) is 0 Å². The van der Waals surface area contributed by atoms with Crippen LogP contribution in [0.3, 0.4) is 0 Å². The average Bonchev–Trinajstić information content (AvgIpc) is 2.66. The van der Waals surface area contributed by atoms with E-state index in [0.29, 0.717) is 13.0 Å². The SMILES string of the molecule is NC(=O)C(C(=O)O)N(CCCN1CCSCC1)c1ccc(C(=O)O)cc1[N+](=O)[O-]. The van der Waals surface area contributed by atoms with Crippen LogP contribution < -0.4 is 10.6 Å². The number of nitro benzene ring substituents is 1. The molecule has 1 unspecified atom stereocenters. The Labute approximate surface area is 170 Å². The van der Waals surface area contributed by atoms with Crippen LogP contribution in [0.4, 0.5) is 11.4 Å². The van der Waals surface area contributed by atoms with E-state index < -0.39 is 34.5 Å². The lowest BCUT2D eigenvalue weighted by atomic mass is 10.1. The van der Waals surface area contributed by atoms with E-state index in [-0.39, 0.29) is 17.8 Å². The molecule has 4 N–H and O–H groups in total. The van der Waals surface area contributed by atoms with E-state index in [1.54, 1.807) is 0 Å². The minimum atomic E-state index is -1.82. The van der Waals surface area contributed by atoms with Gasteiger partial charge in [0.15, 0.2) is 0 Å². The number of rotatable bonds is 10. The van der Waals surface area contributed by atoms with E-state index in [0.717, 1.165) is 47.7 Å². The fourth-order valence-corrected chi connectivity index (χ4v) is 4.11. The summed E-state index contributed by atoms with van der Waals surface area (Å²) in [5.74, 6) is -2.08. The fourth-order valence-electron chi connectivity index (χ4n) is 3.13. The number of thioether (sulfide) groups is 1. The maximum absolute atomic E-state index is 11.8. The summed E-state index contributed by atoms with van der Waals surface area (Å²) in [4.78, 5) is 48.5. The number of aromatic carboxylic acids is 1. The van der Waals surface area contributed by atoms with Gasteiger partial charge in [-0.15, -0.1) is 0 Å². The number of carbonyl (C=O) groups excluding carboxylic acids is 1. The van der Waals surface area contributed by atoms with Crippen molar-refractivity contribution in [2.45, 2.75) is 12.5 Å². The number of nitro groups is 1. The smallest absolute Gasteiger partial charge is 0.336 e. The lowest BCUT2D eigenvalue weighted by molar-refractivity contribution is -0.384. The minimum absolute atomic E-state index is 0.0246. The molecular weight excluding hydrogens is 404 g/mol. The third-order valence-electron chi connectivity index (χ3n) is 4.52. The molecule has 11 nitrogen and oxygen atoms in total. The van der Waals surface area contributed by atoms with Gasteiger partial charge in [0.05, 0.1) is 10.5 Å². The van der Waals surface area contributed by atoms with Gasteiger partial charge in [-0.2, -0.15) is 11.8 Å². The van der Waals surface area contributed by atoms with Crippen molar-refractivity contribution >= 4 is 41.0 Å². The second-order valence-corrected chi connectivity index (χ2v) is 7.63. The van der Waals surface area contributed by atoms with E-state index in [4.69, 9.17) is 10.8 Å². The predicted octanol–water partition coefficient (Wildman–Crippen LogP) is 0.477. The Morgan fingerprint density at radius 1 is 1.28 bits per heavy atom. The number of primary amides is 1. The number of anilines is 1. The lowest BCUT2D eigenvalue weighted by Crippen LogP contribution is -2.51. The second-order valence-electron chi connectivity index (χ2n) is 6.41. The molecule has 0 bridgehead atoms. The molecule has 1 aromatic carbocycles. The van der Waals surface area contributed by atoms with E-state index in [9.17, 15) is 29.6 Å². The van der Waals surface area contributed by atoms with Crippen molar-refractivity contribution in [2.24, 2.45) is 5.73 Å². The van der Waals surface area contributed by atoms with E-state index in [2.05, 4.69) is 4.90 Å². The molecule has 0 aromatic heterocycles. The molecule has 1 aliphatic heterocycles. The Morgan fingerprint density at radius 3 is 2.45 bits per heavy atom. The summed E-state index contributed by atoms with van der Waals surface area (Å²) < 4.78 is 0. The summed E-state index contributed by atoms with van der Waals surface area (Å²) >= 11 is 1.84. The first-order chi connectivity index (χ1) is 13.7. The highest BCUT2D eigenvalue weighted by Gasteiger charge is 2.35. The third kappa shape index (κ3) is 5.81. The number of nitrogens with two attached hydrogens (primary N) is 1. The summed E-state index contributed by atoms with van der Waals surface area (Å²) in [5, 5.41) is 30.1. The van der Waals surface area contributed by atoms with E-state index in [1.165, 1.54) is 0 Å². The largest absolute Gasteiger partial charge is 0.479 e. The molecule has 0 saturated carbocycles. The van der Waals surface area contributed by atoms with Crippen LogP contribution in [-0.4, -0.2) is 81.6 Å². The highest BCUT2D eigenvalue weighted by Crippen LogP contribution is 2.31. The highest BCUT2D eigenvalue weighted by atomic mass is 32.2. The van der Waals surface area contributed by atoms with Crippen LogP contribution in [-0.2, 0) is 9.59 Å². The van der Waals surface area contributed by atoms with Gasteiger partial charge < -0.3 is 25.7 Å². The number of carboxylic acid groups (broad SMARTS) is 2. The maximum Gasteiger partial charge on any atom is 0.336 e. The van der Waals surface area contributed by atoms with Crippen molar-refractivity contribution in [1.82, 2.24) is 4.90 Å². The summed E-state index contributed by atoms with van der Waals surface area (Å²) in [7, 11) is 0. The van der Waals surface area contributed by atoms with Crippen LogP contribution in [0.5, 0.6) is 0 Å². The minimum Gasteiger partial charge on any atom is -0.479 e. The van der Waals surface area contributed by atoms with Crippen LogP contribution in [0, 0.1) is 10.1 Å². The molecule has 158 valence electrons. The molecule has 1 atom stereocenters. The number of amides is 1. The van der Waals surface area contributed by atoms with Gasteiger partial charge in [0.25, 0.3) is 11.6 Å². The molecule has 1 fully saturated rings. The van der Waals surface area contributed by atoms with Gasteiger partial charge in [0, 0.05) is 37.2 Å². The number of nitrogens with zero attached hydrogens (tertiary/aromatic N) is 3. The Kier molecular flexibility index (Phi) is 7.79. The molecule has 12 heteroatoms. The molecule has 1 saturated heterocycles. The molecule has 0 spiro atoms. The van der Waals surface area contributed by atoms with Crippen molar-refractivity contribution in [3.05, 3.63) is 33.9 Å².